The summed E-state index contributed by atoms with van der Waals surface area (Å²) in [5, 5.41) is 24.5. The summed E-state index contributed by atoms with van der Waals surface area (Å²) in [6, 6.07) is 25.4. The van der Waals surface area contributed by atoms with E-state index in [9.17, 15) is 32.7 Å². The maximum absolute atomic E-state index is 14.2. The topological polar surface area (TPSA) is 173 Å². The van der Waals surface area contributed by atoms with Gasteiger partial charge in [-0.1, -0.05) is 30.3 Å². The predicted molar refractivity (Wildman–Crippen MR) is 222 cm³/mol. The minimum atomic E-state index is -4.01. The van der Waals surface area contributed by atoms with Crippen LogP contribution >= 0.6 is 0 Å². The molecule has 13 heteroatoms. The largest absolute Gasteiger partial charge is 0.481 e. The van der Waals surface area contributed by atoms with Crippen molar-refractivity contribution < 1.29 is 37.8 Å². The molecule has 0 unspecified atom stereocenters. The number of anilines is 3. The zero-order valence-corrected chi connectivity index (χ0v) is 33.3. The summed E-state index contributed by atoms with van der Waals surface area (Å²) in [5.41, 5.74) is 4.43. The van der Waals surface area contributed by atoms with Crippen LogP contribution < -0.4 is 15.5 Å². The van der Waals surface area contributed by atoms with Gasteiger partial charge in [0.25, 0.3) is 11.8 Å². The number of carboxylic acid groups (broad SMARTS) is 2. The van der Waals surface area contributed by atoms with Crippen molar-refractivity contribution in [1.29, 1.82) is 0 Å². The van der Waals surface area contributed by atoms with Crippen molar-refractivity contribution in [3.8, 4) is 0 Å². The second-order valence-corrected chi connectivity index (χ2v) is 17.7. The highest BCUT2D eigenvalue weighted by Gasteiger charge is 2.39. The number of hydrogen-bond acceptors (Lipinski definition) is 7. The highest BCUT2D eigenvalue weighted by molar-refractivity contribution is 7.89. The smallest absolute Gasteiger partial charge is 0.335 e. The van der Waals surface area contributed by atoms with Crippen molar-refractivity contribution in [3.63, 3.8) is 0 Å². The Hall–Kier alpha value is -5.53. The van der Waals surface area contributed by atoms with Gasteiger partial charge in [-0.05, 0) is 148 Å². The summed E-state index contributed by atoms with van der Waals surface area (Å²) < 4.78 is 29.9. The van der Waals surface area contributed by atoms with Crippen LogP contribution in [-0.4, -0.2) is 72.4 Å². The molecule has 4 N–H and O–H groups in total. The number of aryl methyl sites for hydroxylation is 2. The van der Waals surface area contributed by atoms with Gasteiger partial charge >= 0.3 is 11.9 Å². The molecule has 0 bridgehead atoms. The van der Waals surface area contributed by atoms with E-state index >= 15 is 0 Å². The minimum Gasteiger partial charge on any atom is -0.481 e. The third kappa shape index (κ3) is 9.94. The van der Waals surface area contributed by atoms with Gasteiger partial charge in [0.1, 0.15) is 0 Å². The maximum atomic E-state index is 14.2. The first-order chi connectivity index (χ1) is 27.9. The van der Waals surface area contributed by atoms with Crippen molar-refractivity contribution in [2.24, 2.45) is 11.8 Å². The lowest BCUT2D eigenvalue weighted by Crippen LogP contribution is -2.44. The second-order valence-electron chi connectivity index (χ2n) is 15.8. The first-order valence-corrected chi connectivity index (χ1v) is 21.7. The van der Waals surface area contributed by atoms with E-state index in [0.29, 0.717) is 37.9 Å². The molecular formula is C45H50N4O8S. The number of sulfonamides is 1. The summed E-state index contributed by atoms with van der Waals surface area (Å²) in [5.74, 6) is -2.98. The summed E-state index contributed by atoms with van der Waals surface area (Å²) in [6.07, 6.45) is 8.36. The van der Waals surface area contributed by atoms with E-state index in [1.165, 1.54) is 16.4 Å². The Labute approximate surface area is 339 Å². The number of aromatic carboxylic acids is 1. The SMILES string of the molecule is O=C(O)c1ccc(CCc2ccc(NC(=O)c3cc(N4CCCCC4)ccc3NC(=O)c3cccc(S(=O)(=O)N(CC4CC4)[C@H]4CC[C@H](C(=O)O)CC4)c3)cc2)cc1. The van der Waals surface area contributed by atoms with Gasteiger partial charge in [-0.2, -0.15) is 4.31 Å². The number of amides is 2. The van der Waals surface area contributed by atoms with Crippen LogP contribution in [0.5, 0.6) is 0 Å². The van der Waals surface area contributed by atoms with E-state index in [0.717, 1.165) is 74.8 Å². The molecule has 304 valence electrons. The average molecular weight is 807 g/mol. The van der Waals surface area contributed by atoms with Crippen LogP contribution in [0, 0.1) is 11.8 Å². The monoisotopic (exact) mass is 806 g/mol. The fourth-order valence-electron chi connectivity index (χ4n) is 7.97. The number of aliphatic carboxylic acids is 1. The molecule has 0 aromatic heterocycles. The van der Waals surface area contributed by atoms with Crippen molar-refractivity contribution in [1.82, 2.24) is 4.31 Å². The van der Waals surface area contributed by atoms with Crippen molar-refractivity contribution >= 4 is 50.8 Å². The molecule has 1 aliphatic heterocycles. The molecule has 2 saturated carbocycles. The predicted octanol–water partition coefficient (Wildman–Crippen LogP) is 7.71. The van der Waals surface area contributed by atoms with Gasteiger partial charge in [0.15, 0.2) is 0 Å². The highest BCUT2D eigenvalue weighted by Crippen LogP contribution is 2.37. The second kappa shape index (κ2) is 17.9. The molecule has 0 radical (unpaired) electrons. The Kier molecular flexibility index (Phi) is 12.6. The Morgan fingerprint density at radius 3 is 1.97 bits per heavy atom. The molecule has 3 aliphatic rings. The van der Waals surface area contributed by atoms with E-state index in [2.05, 4.69) is 15.5 Å². The maximum Gasteiger partial charge on any atom is 0.335 e. The lowest BCUT2D eigenvalue weighted by atomic mass is 9.86. The molecule has 1 saturated heterocycles. The third-order valence-corrected chi connectivity index (χ3v) is 13.5. The molecule has 58 heavy (non-hydrogen) atoms. The molecular weight excluding hydrogens is 757 g/mol. The number of carbonyl (C=O) groups is 4. The number of nitrogens with one attached hydrogen (secondary N) is 2. The van der Waals surface area contributed by atoms with E-state index < -0.39 is 39.7 Å². The molecule has 3 fully saturated rings. The molecule has 2 aliphatic carbocycles. The number of benzene rings is 4. The average Bonchev–Trinajstić information content (AvgIpc) is 4.07. The van der Waals surface area contributed by atoms with Gasteiger partial charge in [-0.15, -0.1) is 0 Å². The molecule has 2 amide bonds. The number of nitrogens with zero attached hydrogens (tertiary/aromatic N) is 2. The fraction of sp³-hybridized carbons (Fsp3) is 0.378. The van der Waals surface area contributed by atoms with E-state index in [-0.39, 0.29) is 39.2 Å². The molecule has 1 heterocycles. The van der Waals surface area contributed by atoms with Gasteiger partial charge in [0.05, 0.1) is 27.6 Å². The molecule has 0 atom stereocenters. The van der Waals surface area contributed by atoms with E-state index in [1.54, 1.807) is 36.4 Å². The van der Waals surface area contributed by atoms with Gasteiger partial charge in [0, 0.05) is 42.6 Å². The fourth-order valence-corrected chi connectivity index (χ4v) is 9.78. The molecule has 4 aromatic carbocycles. The van der Waals surface area contributed by atoms with Crippen LogP contribution in [0.1, 0.15) is 100.0 Å². The number of piperidine rings is 1. The Morgan fingerprint density at radius 1 is 0.690 bits per heavy atom. The van der Waals surface area contributed by atoms with E-state index in [1.807, 2.05) is 42.5 Å². The van der Waals surface area contributed by atoms with E-state index in [4.69, 9.17) is 5.11 Å². The van der Waals surface area contributed by atoms with Crippen LogP contribution in [0.2, 0.25) is 0 Å². The summed E-state index contributed by atoms with van der Waals surface area (Å²) in [4.78, 5) is 52.8. The Balaban J connectivity index is 1.07. The third-order valence-electron chi connectivity index (χ3n) is 11.6. The first kappa shape index (κ1) is 40.7. The molecule has 7 rings (SSSR count). The first-order valence-electron chi connectivity index (χ1n) is 20.2. The number of rotatable bonds is 15. The van der Waals surface area contributed by atoms with Crippen molar-refractivity contribution in [3.05, 3.63) is 119 Å². The van der Waals surface area contributed by atoms with Gasteiger partial charge in [0.2, 0.25) is 10.0 Å². The minimum absolute atomic E-state index is 0.000824. The van der Waals surface area contributed by atoms with Crippen molar-refractivity contribution in [2.45, 2.75) is 81.6 Å². The normalized spacial score (nSPS) is 18.4. The van der Waals surface area contributed by atoms with Crippen LogP contribution in [0.15, 0.2) is 95.9 Å². The van der Waals surface area contributed by atoms with Crippen LogP contribution in [0.3, 0.4) is 0 Å². The van der Waals surface area contributed by atoms with Gasteiger partial charge in [-0.3, -0.25) is 14.4 Å². The van der Waals surface area contributed by atoms with Crippen LogP contribution in [-0.2, 0) is 27.7 Å². The molecule has 12 nitrogen and oxygen atoms in total. The summed E-state index contributed by atoms with van der Waals surface area (Å²) in [7, 11) is -4.01. The summed E-state index contributed by atoms with van der Waals surface area (Å²) >= 11 is 0. The zero-order valence-electron chi connectivity index (χ0n) is 32.4. The van der Waals surface area contributed by atoms with Gasteiger partial charge < -0.3 is 25.7 Å². The number of carboxylic acids is 2. The Bertz CT molecular complexity index is 2240. The van der Waals surface area contributed by atoms with Gasteiger partial charge in [-0.25, -0.2) is 13.2 Å². The van der Waals surface area contributed by atoms with Crippen LogP contribution in [0.4, 0.5) is 17.1 Å². The highest BCUT2D eigenvalue weighted by atomic mass is 32.2. The standard InChI is InChI=1S/C45H50N4O8S/c50-42(35-5-4-6-39(27-35)58(56,57)49(29-32-9-10-32)37-21-17-34(18-22-37)45(54)55)47-41-24-23-38(48-25-2-1-3-26-48)28-40(41)43(51)46-36-19-13-31(14-20-36)8-7-30-11-15-33(16-12-30)44(52)53/h4-6,11-16,19-20,23-24,27-28,32,34,37H,1-3,7-10,17-18,21-22,25-26,29H2,(H,46,51)(H,47,50)(H,52,53)(H,54,55)/t34-,37-. The summed E-state index contributed by atoms with van der Waals surface area (Å²) in [6.45, 7) is 2.09. The quantitative estimate of drug-likeness (QED) is 0.0939. The molecule has 0 spiro atoms. The molecule has 4 aromatic rings. The lowest BCUT2D eigenvalue weighted by Gasteiger charge is -2.35. The van der Waals surface area contributed by atoms with Crippen LogP contribution in [0.25, 0.3) is 0 Å². The lowest BCUT2D eigenvalue weighted by molar-refractivity contribution is -0.143. The number of carbonyl (C=O) groups excluding carboxylic acids is 2. The number of hydrogen-bond donors (Lipinski definition) is 4. The Morgan fingerprint density at radius 2 is 1.34 bits per heavy atom. The van der Waals surface area contributed by atoms with Crippen molar-refractivity contribution in [2.75, 3.05) is 35.2 Å². The zero-order chi connectivity index (χ0) is 40.8.